The molecule has 1 aromatic rings. The molecule has 2 N–H and O–H groups in total. The Kier molecular flexibility index (Phi) is 9.50. The van der Waals surface area contributed by atoms with Crippen molar-refractivity contribution in [2.45, 2.75) is 32.9 Å². The molecule has 0 fully saturated rings. The second kappa shape index (κ2) is 11.6. The molecular formula is C21H28N2O5. The number of benzene rings is 1. The van der Waals surface area contributed by atoms with Gasteiger partial charge in [0.25, 0.3) is 5.91 Å². The number of carbonyl (C=O) groups is 3. The minimum absolute atomic E-state index is 0.214. The van der Waals surface area contributed by atoms with Crippen LogP contribution in [-0.4, -0.2) is 43.6 Å². The molecule has 1 rings (SSSR count). The Labute approximate surface area is 165 Å². The van der Waals surface area contributed by atoms with Crippen LogP contribution in [0.15, 0.2) is 43.0 Å². The minimum Gasteiger partial charge on any atom is -0.497 e. The van der Waals surface area contributed by atoms with Crippen LogP contribution in [0.4, 0.5) is 0 Å². The van der Waals surface area contributed by atoms with Crippen molar-refractivity contribution in [1.29, 1.82) is 0 Å². The van der Waals surface area contributed by atoms with Crippen LogP contribution in [0.25, 0.3) is 6.08 Å². The lowest BCUT2D eigenvalue weighted by Crippen LogP contribution is -2.47. The third-order valence-electron chi connectivity index (χ3n) is 3.84. The van der Waals surface area contributed by atoms with Crippen LogP contribution >= 0.6 is 0 Å². The molecule has 0 radical (unpaired) electrons. The van der Waals surface area contributed by atoms with E-state index in [1.54, 1.807) is 51.3 Å². The van der Waals surface area contributed by atoms with E-state index in [1.807, 2.05) is 0 Å². The highest BCUT2D eigenvalue weighted by Gasteiger charge is 2.28. The number of carbonyl (C=O) groups excluding carboxylic acids is 3. The summed E-state index contributed by atoms with van der Waals surface area (Å²) in [6.45, 7) is 8.81. The summed E-state index contributed by atoms with van der Waals surface area (Å²) in [5.74, 6) is -1.02. The summed E-state index contributed by atoms with van der Waals surface area (Å²) in [5, 5.41) is 5.17. The molecule has 2 unspecified atom stereocenters. The topological polar surface area (TPSA) is 93.7 Å². The van der Waals surface area contributed by atoms with Gasteiger partial charge in [0.15, 0.2) is 6.10 Å². The first-order valence-corrected chi connectivity index (χ1v) is 9.00. The normalized spacial score (nSPS) is 12.9. The second-order valence-corrected chi connectivity index (χ2v) is 6.45. The van der Waals surface area contributed by atoms with Gasteiger partial charge in [-0.15, -0.1) is 6.58 Å². The quantitative estimate of drug-likeness (QED) is 0.364. The number of rotatable bonds is 10. The van der Waals surface area contributed by atoms with Crippen LogP contribution in [-0.2, 0) is 19.1 Å². The molecule has 0 aliphatic carbocycles. The van der Waals surface area contributed by atoms with Crippen LogP contribution in [0.3, 0.4) is 0 Å². The van der Waals surface area contributed by atoms with E-state index < -0.39 is 29.9 Å². The van der Waals surface area contributed by atoms with Gasteiger partial charge in [-0.2, -0.15) is 0 Å². The zero-order chi connectivity index (χ0) is 21.1. The van der Waals surface area contributed by atoms with Gasteiger partial charge in [0, 0.05) is 12.6 Å². The third-order valence-corrected chi connectivity index (χ3v) is 3.84. The molecule has 2 amide bonds. The fraction of sp³-hybridized carbons (Fsp3) is 0.381. The van der Waals surface area contributed by atoms with Crippen LogP contribution in [0, 0.1) is 5.92 Å². The number of nitrogens with one attached hydrogen (secondary N) is 2. The van der Waals surface area contributed by atoms with Crippen molar-refractivity contribution in [2.75, 3.05) is 13.7 Å². The predicted molar refractivity (Wildman–Crippen MR) is 108 cm³/mol. The van der Waals surface area contributed by atoms with Gasteiger partial charge >= 0.3 is 5.97 Å². The molecule has 7 nitrogen and oxygen atoms in total. The number of ether oxygens (including phenoxy) is 2. The van der Waals surface area contributed by atoms with Gasteiger partial charge in [-0.1, -0.05) is 32.1 Å². The number of hydrogen-bond acceptors (Lipinski definition) is 5. The van der Waals surface area contributed by atoms with Crippen LogP contribution in [0.1, 0.15) is 26.3 Å². The average molecular weight is 388 g/mol. The Balaban J connectivity index is 2.67. The number of hydrogen-bond donors (Lipinski definition) is 2. The van der Waals surface area contributed by atoms with Crippen molar-refractivity contribution in [2.24, 2.45) is 5.92 Å². The highest BCUT2D eigenvalue weighted by Crippen LogP contribution is 2.12. The molecule has 0 heterocycles. The first kappa shape index (κ1) is 23.0. The van der Waals surface area contributed by atoms with Crippen LogP contribution in [0.5, 0.6) is 5.75 Å². The lowest BCUT2D eigenvalue weighted by atomic mass is 10.0. The van der Waals surface area contributed by atoms with Crippen molar-refractivity contribution >= 4 is 23.9 Å². The van der Waals surface area contributed by atoms with Gasteiger partial charge in [0.1, 0.15) is 11.8 Å². The standard InChI is InChI=1S/C21H28N2O5/c1-6-13-22-20(25)15(4)28-21(26)19(14(2)3)23-18(24)12-9-16-7-10-17(27-5)11-8-16/h6-12,14-15,19H,1,13H2,2-5H3,(H,22,25)(H,23,24). The molecule has 28 heavy (non-hydrogen) atoms. The summed E-state index contributed by atoms with van der Waals surface area (Å²) >= 11 is 0. The summed E-state index contributed by atoms with van der Waals surface area (Å²) < 4.78 is 10.3. The third kappa shape index (κ3) is 7.65. The molecular weight excluding hydrogens is 360 g/mol. The molecule has 0 bridgehead atoms. The SMILES string of the molecule is C=CCNC(=O)C(C)OC(=O)C(NC(=O)C=Cc1ccc(OC)cc1)C(C)C. The van der Waals surface area contributed by atoms with Gasteiger partial charge in [0.2, 0.25) is 5.91 Å². The Morgan fingerprint density at radius 1 is 1.14 bits per heavy atom. The van der Waals surface area contributed by atoms with E-state index in [0.29, 0.717) is 0 Å². The maximum Gasteiger partial charge on any atom is 0.329 e. The van der Waals surface area contributed by atoms with Gasteiger partial charge in [-0.25, -0.2) is 4.79 Å². The molecule has 0 aliphatic heterocycles. The van der Waals surface area contributed by atoms with E-state index in [9.17, 15) is 14.4 Å². The van der Waals surface area contributed by atoms with E-state index in [4.69, 9.17) is 9.47 Å². The predicted octanol–water partition coefficient (Wildman–Crippen LogP) is 2.08. The van der Waals surface area contributed by atoms with E-state index in [2.05, 4.69) is 17.2 Å². The molecule has 0 saturated carbocycles. The van der Waals surface area contributed by atoms with Gasteiger partial charge < -0.3 is 20.1 Å². The number of esters is 1. The van der Waals surface area contributed by atoms with E-state index >= 15 is 0 Å². The molecule has 1 aromatic carbocycles. The smallest absolute Gasteiger partial charge is 0.329 e. The lowest BCUT2D eigenvalue weighted by molar-refractivity contribution is -0.158. The maximum absolute atomic E-state index is 12.4. The van der Waals surface area contributed by atoms with Crippen molar-refractivity contribution in [1.82, 2.24) is 10.6 Å². The van der Waals surface area contributed by atoms with Crippen LogP contribution in [0.2, 0.25) is 0 Å². The molecule has 0 spiro atoms. The lowest BCUT2D eigenvalue weighted by Gasteiger charge is -2.22. The molecule has 2 atom stereocenters. The van der Waals surface area contributed by atoms with Crippen LogP contribution < -0.4 is 15.4 Å². The number of methoxy groups -OCH3 is 1. The Bertz CT molecular complexity index is 710. The molecule has 0 aromatic heterocycles. The molecule has 7 heteroatoms. The zero-order valence-electron chi connectivity index (χ0n) is 16.7. The maximum atomic E-state index is 12.4. The summed E-state index contributed by atoms with van der Waals surface area (Å²) in [4.78, 5) is 36.4. The summed E-state index contributed by atoms with van der Waals surface area (Å²) in [7, 11) is 1.58. The second-order valence-electron chi connectivity index (χ2n) is 6.45. The summed E-state index contributed by atoms with van der Waals surface area (Å²) in [6, 6.07) is 6.30. The minimum atomic E-state index is -0.972. The first-order chi connectivity index (χ1) is 13.3. The summed E-state index contributed by atoms with van der Waals surface area (Å²) in [6.07, 6.45) is 3.52. The van der Waals surface area contributed by atoms with E-state index in [1.165, 1.54) is 19.1 Å². The van der Waals surface area contributed by atoms with Crippen molar-refractivity contribution < 1.29 is 23.9 Å². The molecule has 0 aliphatic rings. The highest BCUT2D eigenvalue weighted by atomic mass is 16.5. The fourth-order valence-corrected chi connectivity index (χ4v) is 2.20. The molecule has 152 valence electrons. The number of amides is 2. The highest BCUT2D eigenvalue weighted by molar-refractivity contribution is 5.95. The van der Waals surface area contributed by atoms with Gasteiger partial charge in [-0.3, -0.25) is 9.59 Å². The monoisotopic (exact) mass is 388 g/mol. The summed E-state index contributed by atoms with van der Waals surface area (Å²) in [5.41, 5.74) is 0.812. The Hall–Kier alpha value is -3.09. The van der Waals surface area contributed by atoms with Crippen molar-refractivity contribution in [3.63, 3.8) is 0 Å². The van der Waals surface area contributed by atoms with Crippen molar-refractivity contribution in [3.8, 4) is 5.75 Å². The molecule has 0 saturated heterocycles. The van der Waals surface area contributed by atoms with Crippen molar-refractivity contribution in [3.05, 3.63) is 48.6 Å². The fourth-order valence-electron chi connectivity index (χ4n) is 2.20. The largest absolute Gasteiger partial charge is 0.497 e. The zero-order valence-corrected chi connectivity index (χ0v) is 16.7. The average Bonchev–Trinajstić information content (AvgIpc) is 2.68. The van der Waals surface area contributed by atoms with E-state index in [-0.39, 0.29) is 12.5 Å². The van der Waals surface area contributed by atoms with Gasteiger partial charge in [0.05, 0.1) is 7.11 Å². The Morgan fingerprint density at radius 2 is 1.79 bits per heavy atom. The Morgan fingerprint density at radius 3 is 2.32 bits per heavy atom. The van der Waals surface area contributed by atoms with E-state index in [0.717, 1.165) is 11.3 Å². The van der Waals surface area contributed by atoms with Gasteiger partial charge in [-0.05, 0) is 36.6 Å². The first-order valence-electron chi connectivity index (χ1n) is 9.00.